The lowest BCUT2D eigenvalue weighted by molar-refractivity contribution is -0.0498. The highest BCUT2D eigenvalue weighted by molar-refractivity contribution is 5.79. The van der Waals surface area contributed by atoms with E-state index >= 15 is 0 Å². The maximum absolute atomic E-state index is 12.0. The Morgan fingerprint density at radius 2 is 2.10 bits per heavy atom. The molecule has 108 valence electrons. The third kappa shape index (κ3) is 5.14. The summed E-state index contributed by atoms with van der Waals surface area (Å²) in [6, 6.07) is 6.46. The molecule has 0 saturated carbocycles. The van der Waals surface area contributed by atoms with Gasteiger partial charge in [0.15, 0.2) is 5.96 Å². The quantitative estimate of drug-likeness (QED) is 0.509. The Hall–Kier alpha value is -2.29. The van der Waals surface area contributed by atoms with Crippen molar-refractivity contribution in [3.05, 3.63) is 29.8 Å². The lowest BCUT2D eigenvalue weighted by atomic mass is 10.2. The molecule has 0 aliphatic heterocycles. The van der Waals surface area contributed by atoms with Crippen LogP contribution in [0.15, 0.2) is 29.3 Å². The van der Waals surface area contributed by atoms with Gasteiger partial charge in [-0.15, -0.1) is 6.42 Å². The van der Waals surface area contributed by atoms with Crippen LogP contribution in [0, 0.1) is 12.3 Å². The van der Waals surface area contributed by atoms with Gasteiger partial charge in [0, 0.05) is 20.6 Å². The van der Waals surface area contributed by atoms with Gasteiger partial charge in [0.05, 0.1) is 6.54 Å². The van der Waals surface area contributed by atoms with Crippen molar-refractivity contribution in [2.45, 2.75) is 13.2 Å². The Bertz CT molecular complexity index is 480. The molecule has 0 spiro atoms. The van der Waals surface area contributed by atoms with Crippen molar-refractivity contribution in [3.63, 3.8) is 0 Å². The molecule has 0 aliphatic rings. The molecular weight excluding hydrogens is 264 g/mol. The zero-order valence-electron chi connectivity index (χ0n) is 11.4. The van der Waals surface area contributed by atoms with Crippen LogP contribution in [0.1, 0.15) is 5.56 Å². The zero-order valence-corrected chi connectivity index (χ0v) is 11.4. The van der Waals surface area contributed by atoms with E-state index in [1.807, 2.05) is 11.9 Å². The van der Waals surface area contributed by atoms with Gasteiger partial charge in [0.2, 0.25) is 0 Å². The number of nitrogens with one attached hydrogen (secondary N) is 1. The van der Waals surface area contributed by atoms with E-state index in [0.29, 0.717) is 19.0 Å². The van der Waals surface area contributed by atoms with Crippen molar-refractivity contribution in [1.29, 1.82) is 0 Å². The van der Waals surface area contributed by atoms with E-state index in [-0.39, 0.29) is 5.75 Å². The van der Waals surface area contributed by atoms with Crippen LogP contribution in [0.5, 0.6) is 5.75 Å². The molecule has 1 N–H and O–H groups in total. The third-order valence-corrected chi connectivity index (χ3v) is 2.49. The number of rotatable bonds is 5. The van der Waals surface area contributed by atoms with E-state index in [4.69, 9.17) is 6.42 Å². The highest BCUT2D eigenvalue weighted by Crippen LogP contribution is 2.15. The predicted octanol–water partition coefficient (Wildman–Crippen LogP) is 1.93. The summed E-state index contributed by atoms with van der Waals surface area (Å²) in [7, 11) is 3.52. The molecule has 0 radical (unpaired) electrons. The molecular formula is C14H17F2N3O. The summed E-state index contributed by atoms with van der Waals surface area (Å²) in [6.45, 7) is -1.85. The van der Waals surface area contributed by atoms with Crippen LogP contribution in [-0.4, -0.2) is 38.1 Å². The number of nitrogens with zero attached hydrogens (tertiary/aromatic N) is 2. The highest BCUT2D eigenvalue weighted by atomic mass is 19.3. The molecule has 6 heteroatoms. The zero-order chi connectivity index (χ0) is 15.0. The largest absolute Gasteiger partial charge is 0.435 e. The van der Waals surface area contributed by atoms with E-state index < -0.39 is 6.61 Å². The van der Waals surface area contributed by atoms with E-state index in [1.54, 1.807) is 19.2 Å². The van der Waals surface area contributed by atoms with Crippen LogP contribution in [0.4, 0.5) is 8.78 Å². The molecule has 1 aromatic rings. The third-order valence-electron chi connectivity index (χ3n) is 2.49. The molecule has 0 saturated heterocycles. The maximum Gasteiger partial charge on any atom is 0.387 e. The molecule has 0 aromatic heterocycles. The molecule has 0 atom stereocenters. The average molecular weight is 281 g/mol. The predicted molar refractivity (Wildman–Crippen MR) is 74.7 cm³/mol. The molecule has 1 rings (SSSR count). The number of hydrogen-bond acceptors (Lipinski definition) is 2. The lowest BCUT2D eigenvalue weighted by Gasteiger charge is -2.21. The minimum atomic E-state index is -2.81. The van der Waals surface area contributed by atoms with E-state index in [9.17, 15) is 8.78 Å². The van der Waals surface area contributed by atoms with Gasteiger partial charge in [-0.1, -0.05) is 18.1 Å². The van der Waals surface area contributed by atoms with Crippen LogP contribution >= 0.6 is 0 Å². The highest BCUT2D eigenvalue weighted by Gasteiger charge is 2.07. The van der Waals surface area contributed by atoms with Gasteiger partial charge in [-0.05, 0) is 17.7 Å². The number of aliphatic imine (C=N–C) groups is 1. The first-order valence-corrected chi connectivity index (χ1v) is 5.95. The van der Waals surface area contributed by atoms with Crippen molar-refractivity contribution in [2.24, 2.45) is 4.99 Å². The van der Waals surface area contributed by atoms with Gasteiger partial charge in [0.25, 0.3) is 0 Å². The average Bonchev–Trinajstić information content (AvgIpc) is 2.41. The maximum atomic E-state index is 12.0. The fraction of sp³-hybridized carbons (Fsp3) is 0.357. The summed E-state index contributed by atoms with van der Waals surface area (Å²) in [6.07, 6.45) is 5.18. The first kappa shape index (κ1) is 15.8. The molecule has 0 bridgehead atoms. The normalized spacial score (nSPS) is 11.1. The Morgan fingerprint density at radius 1 is 1.45 bits per heavy atom. The molecule has 1 aromatic carbocycles. The van der Waals surface area contributed by atoms with Crippen LogP contribution in [0.25, 0.3) is 0 Å². The fourth-order valence-corrected chi connectivity index (χ4v) is 1.64. The minimum absolute atomic E-state index is 0.140. The van der Waals surface area contributed by atoms with Gasteiger partial charge in [-0.3, -0.25) is 4.99 Å². The van der Waals surface area contributed by atoms with Gasteiger partial charge < -0.3 is 15.0 Å². The monoisotopic (exact) mass is 281 g/mol. The molecule has 0 fully saturated rings. The van der Waals surface area contributed by atoms with Crippen molar-refractivity contribution in [2.75, 3.05) is 20.6 Å². The Balaban J connectivity index is 2.61. The molecule has 0 amide bonds. The molecule has 4 nitrogen and oxygen atoms in total. The van der Waals surface area contributed by atoms with Crippen molar-refractivity contribution < 1.29 is 13.5 Å². The summed E-state index contributed by atoms with van der Waals surface area (Å²) in [4.78, 5) is 5.97. The van der Waals surface area contributed by atoms with Crippen molar-refractivity contribution in [1.82, 2.24) is 10.2 Å². The molecule has 0 aliphatic carbocycles. The smallest absolute Gasteiger partial charge is 0.387 e. The number of alkyl halides is 2. The van der Waals surface area contributed by atoms with E-state index in [1.165, 1.54) is 12.1 Å². The van der Waals surface area contributed by atoms with Gasteiger partial charge >= 0.3 is 6.61 Å². The SMILES string of the molecule is C#CCNC(=NC)N(C)Cc1ccc(OC(F)F)cc1. The second-order valence-electron chi connectivity index (χ2n) is 3.98. The number of terminal acetylenes is 1. The van der Waals surface area contributed by atoms with Crippen molar-refractivity contribution in [3.8, 4) is 18.1 Å². The summed E-state index contributed by atoms with van der Waals surface area (Å²) >= 11 is 0. The number of ether oxygens (including phenoxy) is 1. The van der Waals surface area contributed by atoms with Crippen LogP contribution in [0.2, 0.25) is 0 Å². The molecule has 20 heavy (non-hydrogen) atoms. The van der Waals surface area contributed by atoms with E-state index in [0.717, 1.165) is 5.56 Å². The van der Waals surface area contributed by atoms with Gasteiger partial charge in [-0.2, -0.15) is 8.78 Å². The van der Waals surface area contributed by atoms with Gasteiger partial charge in [0.1, 0.15) is 5.75 Å². The fourth-order valence-electron chi connectivity index (χ4n) is 1.64. The molecule has 0 heterocycles. The summed E-state index contributed by atoms with van der Waals surface area (Å²) < 4.78 is 28.4. The topological polar surface area (TPSA) is 36.9 Å². The lowest BCUT2D eigenvalue weighted by Crippen LogP contribution is -2.38. The summed E-state index contributed by atoms with van der Waals surface area (Å²) in [5, 5.41) is 2.99. The Morgan fingerprint density at radius 3 is 2.60 bits per heavy atom. The number of benzene rings is 1. The van der Waals surface area contributed by atoms with Crippen LogP contribution in [0.3, 0.4) is 0 Å². The molecule has 0 unspecified atom stereocenters. The van der Waals surface area contributed by atoms with E-state index in [2.05, 4.69) is 21.0 Å². The minimum Gasteiger partial charge on any atom is -0.435 e. The number of halogens is 2. The second kappa shape index (κ2) is 8.00. The second-order valence-corrected chi connectivity index (χ2v) is 3.98. The number of hydrogen-bond donors (Lipinski definition) is 1. The Kier molecular flexibility index (Phi) is 6.30. The first-order valence-electron chi connectivity index (χ1n) is 5.95. The first-order chi connectivity index (χ1) is 9.56. The number of guanidine groups is 1. The Labute approximate surface area is 117 Å². The van der Waals surface area contributed by atoms with Crippen molar-refractivity contribution >= 4 is 5.96 Å². The summed E-state index contributed by atoms with van der Waals surface area (Å²) in [5.74, 6) is 3.27. The summed E-state index contributed by atoms with van der Waals surface area (Å²) in [5.41, 5.74) is 0.942. The van der Waals surface area contributed by atoms with Crippen LogP contribution < -0.4 is 10.1 Å². The van der Waals surface area contributed by atoms with Crippen LogP contribution in [-0.2, 0) is 6.54 Å². The standard InChI is InChI=1S/C14H17F2N3O/c1-4-9-18-14(17-2)19(3)10-11-5-7-12(8-6-11)20-13(15)16/h1,5-8,13H,9-10H2,2-3H3,(H,17,18). The van der Waals surface area contributed by atoms with Gasteiger partial charge in [-0.25, -0.2) is 0 Å².